The van der Waals surface area contributed by atoms with Crippen LogP contribution in [0.3, 0.4) is 0 Å². The van der Waals surface area contributed by atoms with Crippen molar-refractivity contribution in [1.82, 2.24) is 10.2 Å². The monoisotopic (exact) mass is 535 g/mol. The zero-order valence-electron chi connectivity index (χ0n) is 19.4. The Morgan fingerprint density at radius 3 is 2.37 bits per heavy atom. The fourth-order valence-corrected chi connectivity index (χ4v) is 4.32. The van der Waals surface area contributed by atoms with Gasteiger partial charge in [0.25, 0.3) is 0 Å². The zero-order valence-corrected chi connectivity index (χ0v) is 21.0. The van der Waals surface area contributed by atoms with Crippen molar-refractivity contribution in [3.63, 3.8) is 0 Å². The summed E-state index contributed by atoms with van der Waals surface area (Å²) in [5, 5.41) is 1.81. The lowest BCUT2D eigenvalue weighted by Gasteiger charge is -2.31. The van der Waals surface area contributed by atoms with Crippen molar-refractivity contribution < 1.29 is 35.9 Å². The summed E-state index contributed by atoms with van der Waals surface area (Å²) in [6.45, 7) is 0.519. The van der Waals surface area contributed by atoms with Crippen LogP contribution in [0.2, 0.25) is 5.02 Å². The third-order valence-electron chi connectivity index (χ3n) is 5.12. The van der Waals surface area contributed by atoms with Crippen LogP contribution in [-0.2, 0) is 32.3 Å². The van der Waals surface area contributed by atoms with E-state index in [1.165, 1.54) is 21.1 Å². The summed E-state index contributed by atoms with van der Waals surface area (Å²) in [7, 11) is -1.37. The Labute approximate surface area is 206 Å². The normalized spacial score (nSPS) is 12.6. The lowest BCUT2D eigenvalue weighted by molar-refractivity contribution is -0.139. The number of alkyl halides is 3. The molecule has 2 aromatic rings. The van der Waals surface area contributed by atoms with E-state index >= 15 is 0 Å². The first-order valence-electron chi connectivity index (χ1n) is 10.2. The SMILES string of the molecule is CNC(=O)[C@H](C)N(Cc1cccc(OC)c1)C(=O)CN(c1ccc(Cl)c(C(F)(F)F)c1)S(C)(=O)=O. The highest BCUT2D eigenvalue weighted by Crippen LogP contribution is 2.37. The van der Waals surface area contributed by atoms with Crippen molar-refractivity contribution in [3.05, 3.63) is 58.6 Å². The van der Waals surface area contributed by atoms with Gasteiger partial charge in [-0.2, -0.15) is 13.2 Å². The van der Waals surface area contributed by atoms with Gasteiger partial charge in [-0.1, -0.05) is 23.7 Å². The Kier molecular flexibility index (Phi) is 9.01. The van der Waals surface area contributed by atoms with Gasteiger partial charge in [-0.3, -0.25) is 13.9 Å². The summed E-state index contributed by atoms with van der Waals surface area (Å²) in [5.41, 5.74) is -1.05. The van der Waals surface area contributed by atoms with Crippen molar-refractivity contribution in [1.29, 1.82) is 0 Å². The lowest BCUT2D eigenvalue weighted by atomic mass is 10.1. The number of nitrogens with zero attached hydrogens (tertiary/aromatic N) is 2. The average molecular weight is 536 g/mol. The summed E-state index contributed by atoms with van der Waals surface area (Å²) in [6, 6.07) is 8.20. The number of nitrogens with one attached hydrogen (secondary N) is 1. The molecular formula is C22H25ClF3N3O5S. The van der Waals surface area contributed by atoms with Gasteiger partial charge in [-0.15, -0.1) is 0 Å². The number of sulfonamides is 1. The highest BCUT2D eigenvalue weighted by Gasteiger charge is 2.35. The zero-order chi connectivity index (χ0) is 26.6. The molecule has 2 aromatic carbocycles. The van der Waals surface area contributed by atoms with Crippen molar-refractivity contribution in [2.75, 3.05) is 31.3 Å². The van der Waals surface area contributed by atoms with Crippen LogP contribution in [0.5, 0.6) is 5.75 Å². The van der Waals surface area contributed by atoms with E-state index in [0.29, 0.717) is 21.7 Å². The number of benzene rings is 2. The molecule has 2 amide bonds. The molecule has 0 saturated carbocycles. The maximum atomic E-state index is 13.3. The van der Waals surface area contributed by atoms with E-state index in [-0.39, 0.29) is 6.54 Å². The van der Waals surface area contributed by atoms with Gasteiger partial charge in [0.1, 0.15) is 18.3 Å². The minimum Gasteiger partial charge on any atom is -0.497 e. The Balaban J connectivity index is 2.48. The molecule has 0 aromatic heterocycles. The molecule has 0 radical (unpaired) electrons. The second kappa shape index (κ2) is 11.2. The highest BCUT2D eigenvalue weighted by atomic mass is 35.5. The van der Waals surface area contributed by atoms with E-state index in [2.05, 4.69) is 5.32 Å². The number of likely N-dealkylation sites (N-methyl/N-ethyl adjacent to an activating group) is 1. The van der Waals surface area contributed by atoms with Gasteiger partial charge in [0.05, 0.1) is 29.6 Å². The molecule has 0 bridgehead atoms. The van der Waals surface area contributed by atoms with Gasteiger partial charge < -0.3 is 15.0 Å². The van der Waals surface area contributed by atoms with Crippen LogP contribution in [0.1, 0.15) is 18.1 Å². The maximum Gasteiger partial charge on any atom is 0.417 e. The van der Waals surface area contributed by atoms with E-state index < -0.39 is 56.9 Å². The Morgan fingerprint density at radius 2 is 1.83 bits per heavy atom. The van der Waals surface area contributed by atoms with Crippen LogP contribution in [0.25, 0.3) is 0 Å². The largest absolute Gasteiger partial charge is 0.497 e. The molecule has 0 spiro atoms. The lowest BCUT2D eigenvalue weighted by Crippen LogP contribution is -2.50. The first kappa shape index (κ1) is 28.2. The Bertz CT molecular complexity index is 1190. The van der Waals surface area contributed by atoms with E-state index in [1.54, 1.807) is 24.3 Å². The molecule has 2 rings (SSSR count). The summed E-state index contributed by atoms with van der Waals surface area (Å²) in [6.07, 6.45) is -4.08. The van der Waals surface area contributed by atoms with E-state index in [4.69, 9.17) is 16.3 Å². The molecule has 0 aliphatic heterocycles. The first-order chi connectivity index (χ1) is 16.2. The molecular weight excluding hydrogens is 511 g/mol. The Morgan fingerprint density at radius 1 is 1.17 bits per heavy atom. The molecule has 0 heterocycles. The number of carbonyl (C=O) groups excluding carboxylic acids is 2. The third-order valence-corrected chi connectivity index (χ3v) is 6.59. The fourth-order valence-electron chi connectivity index (χ4n) is 3.26. The molecule has 1 N–H and O–H groups in total. The van der Waals surface area contributed by atoms with Crippen LogP contribution < -0.4 is 14.4 Å². The number of halogens is 4. The molecule has 0 fully saturated rings. The smallest absolute Gasteiger partial charge is 0.417 e. The van der Waals surface area contributed by atoms with Crippen LogP contribution in [0.15, 0.2) is 42.5 Å². The molecule has 0 saturated heterocycles. The molecule has 0 aliphatic rings. The molecule has 35 heavy (non-hydrogen) atoms. The number of hydrogen-bond donors (Lipinski definition) is 1. The van der Waals surface area contributed by atoms with Crippen molar-refractivity contribution in [2.45, 2.75) is 25.7 Å². The molecule has 8 nitrogen and oxygen atoms in total. The molecule has 192 valence electrons. The fraction of sp³-hybridized carbons (Fsp3) is 0.364. The van der Waals surface area contributed by atoms with Crippen LogP contribution >= 0.6 is 11.6 Å². The molecule has 0 aliphatic carbocycles. The summed E-state index contributed by atoms with van der Waals surface area (Å²) in [5.74, 6) is -0.822. The average Bonchev–Trinajstić information content (AvgIpc) is 2.79. The minimum absolute atomic E-state index is 0.0867. The number of hydrogen-bond acceptors (Lipinski definition) is 5. The van der Waals surface area contributed by atoms with Crippen molar-refractivity contribution >= 4 is 39.1 Å². The van der Waals surface area contributed by atoms with Gasteiger partial charge in [0.2, 0.25) is 21.8 Å². The van der Waals surface area contributed by atoms with Gasteiger partial charge in [0.15, 0.2) is 0 Å². The molecule has 1 atom stereocenters. The van der Waals surface area contributed by atoms with Gasteiger partial charge in [-0.05, 0) is 42.8 Å². The summed E-state index contributed by atoms with van der Waals surface area (Å²) in [4.78, 5) is 26.7. The number of anilines is 1. The predicted molar refractivity (Wildman–Crippen MR) is 126 cm³/mol. The summed E-state index contributed by atoms with van der Waals surface area (Å²) >= 11 is 5.65. The van der Waals surface area contributed by atoms with Crippen molar-refractivity contribution in [3.8, 4) is 5.75 Å². The first-order valence-corrected chi connectivity index (χ1v) is 12.4. The number of carbonyl (C=O) groups is 2. The third kappa shape index (κ3) is 7.25. The van der Waals surface area contributed by atoms with Crippen LogP contribution in [-0.4, -0.2) is 58.1 Å². The van der Waals surface area contributed by atoms with Gasteiger partial charge in [-0.25, -0.2) is 8.42 Å². The highest BCUT2D eigenvalue weighted by molar-refractivity contribution is 7.92. The Hall–Kier alpha value is -2.99. The predicted octanol–water partition coefficient (Wildman–Crippen LogP) is 3.30. The second-order valence-corrected chi connectivity index (χ2v) is 9.91. The van der Waals surface area contributed by atoms with Crippen molar-refractivity contribution in [2.24, 2.45) is 0 Å². The summed E-state index contributed by atoms with van der Waals surface area (Å²) < 4.78 is 70.7. The maximum absolute atomic E-state index is 13.3. The topological polar surface area (TPSA) is 96.0 Å². The van der Waals surface area contributed by atoms with E-state index in [1.807, 2.05) is 0 Å². The van der Waals surface area contributed by atoms with Crippen LogP contribution in [0.4, 0.5) is 18.9 Å². The van der Waals surface area contributed by atoms with E-state index in [0.717, 1.165) is 23.3 Å². The van der Waals surface area contributed by atoms with Crippen LogP contribution in [0, 0.1) is 0 Å². The second-order valence-electron chi connectivity index (χ2n) is 7.59. The van der Waals surface area contributed by atoms with Gasteiger partial charge >= 0.3 is 6.18 Å². The number of amides is 2. The number of methoxy groups -OCH3 is 1. The quantitative estimate of drug-likeness (QED) is 0.531. The van der Waals surface area contributed by atoms with Gasteiger partial charge in [0, 0.05) is 13.6 Å². The standard InChI is InChI=1S/C22H25ClF3N3O5S/c1-14(21(31)27-2)28(12-15-6-5-7-17(10-15)34-3)20(30)13-29(35(4,32)33)16-8-9-19(23)18(11-16)22(24,25)26/h5-11,14H,12-13H2,1-4H3,(H,27,31)/t14-/m0/s1. The van der Waals surface area contributed by atoms with E-state index in [9.17, 15) is 31.2 Å². The number of rotatable bonds is 9. The minimum atomic E-state index is -4.84. The molecule has 0 unspecified atom stereocenters. The molecule has 13 heteroatoms. The number of ether oxygens (including phenoxy) is 1.